The molecular weight excluding hydrogens is 247 g/mol. The Bertz CT molecular complexity index is 109. The molecular formula is C6H11IO3. The molecule has 3 atom stereocenters. The van der Waals surface area contributed by atoms with E-state index in [4.69, 9.17) is 9.47 Å². The molecule has 1 aliphatic heterocycles. The lowest BCUT2D eigenvalue weighted by atomic mass is 10.1. The van der Waals surface area contributed by atoms with Gasteiger partial charge < -0.3 is 14.6 Å². The molecule has 1 fully saturated rings. The van der Waals surface area contributed by atoms with Crippen molar-refractivity contribution in [1.82, 2.24) is 0 Å². The van der Waals surface area contributed by atoms with Gasteiger partial charge in [0.1, 0.15) is 0 Å². The number of methoxy groups -OCH3 is 1. The van der Waals surface area contributed by atoms with Crippen LogP contribution in [-0.4, -0.2) is 35.1 Å². The Morgan fingerprint density at radius 1 is 1.70 bits per heavy atom. The summed E-state index contributed by atoms with van der Waals surface area (Å²) in [5.74, 6) is 0. The summed E-state index contributed by atoms with van der Waals surface area (Å²) in [5.41, 5.74) is 0. The molecule has 0 spiro atoms. The van der Waals surface area contributed by atoms with E-state index in [0.29, 0.717) is 13.0 Å². The molecule has 3 nitrogen and oxygen atoms in total. The lowest BCUT2D eigenvalue weighted by Crippen LogP contribution is -2.41. The van der Waals surface area contributed by atoms with Crippen molar-refractivity contribution in [3.05, 3.63) is 0 Å². The highest BCUT2D eigenvalue weighted by Gasteiger charge is 2.30. The van der Waals surface area contributed by atoms with Crippen LogP contribution in [0.2, 0.25) is 0 Å². The van der Waals surface area contributed by atoms with Gasteiger partial charge in [0, 0.05) is 7.11 Å². The van der Waals surface area contributed by atoms with Gasteiger partial charge in [-0.1, -0.05) is 22.6 Å². The highest BCUT2D eigenvalue weighted by molar-refractivity contribution is 14.1. The third-order valence-electron chi connectivity index (χ3n) is 1.56. The Labute approximate surface area is 73.8 Å². The smallest absolute Gasteiger partial charge is 0.171 e. The number of rotatable bonds is 1. The van der Waals surface area contributed by atoms with Crippen LogP contribution in [0.15, 0.2) is 0 Å². The van der Waals surface area contributed by atoms with E-state index in [0.717, 1.165) is 0 Å². The minimum absolute atomic E-state index is 0.0661. The van der Waals surface area contributed by atoms with Crippen molar-refractivity contribution in [3.63, 3.8) is 0 Å². The largest absolute Gasteiger partial charge is 0.392 e. The van der Waals surface area contributed by atoms with Gasteiger partial charge in [0.05, 0.1) is 16.6 Å². The topological polar surface area (TPSA) is 38.7 Å². The minimum Gasteiger partial charge on any atom is -0.392 e. The summed E-state index contributed by atoms with van der Waals surface area (Å²) in [7, 11) is 1.59. The van der Waals surface area contributed by atoms with Gasteiger partial charge in [-0.15, -0.1) is 0 Å². The molecule has 0 aromatic rings. The zero-order valence-electron chi connectivity index (χ0n) is 5.79. The van der Waals surface area contributed by atoms with Gasteiger partial charge in [-0.05, 0) is 6.42 Å². The molecule has 1 rings (SSSR count). The summed E-state index contributed by atoms with van der Waals surface area (Å²) < 4.78 is 10.3. The lowest BCUT2D eigenvalue weighted by Gasteiger charge is -2.30. The van der Waals surface area contributed by atoms with E-state index in [9.17, 15) is 5.11 Å². The van der Waals surface area contributed by atoms with Crippen LogP contribution in [0, 0.1) is 0 Å². The van der Waals surface area contributed by atoms with Crippen molar-refractivity contribution in [2.24, 2.45) is 0 Å². The second-order valence-electron chi connectivity index (χ2n) is 2.28. The molecule has 1 saturated heterocycles. The first-order chi connectivity index (χ1) is 4.75. The molecule has 4 heteroatoms. The number of hydrogen-bond donors (Lipinski definition) is 1. The van der Waals surface area contributed by atoms with E-state index in [2.05, 4.69) is 22.6 Å². The zero-order chi connectivity index (χ0) is 7.56. The van der Waals surface area contributed by atoms with Crippen LogP contribution in [0.25, 0.3) is 0 Å². The molecule has 0 aromatic carbocycles. The number of halogens is 1. The lowest BCUT2D eigenvalue weighted by molar-refractivity contribution is -0.161. The van der Waals surface area contributed by atoms with Gasteiger partial charge in [-0.25, -0.2) is 0 Å². The molecule has 0 bridgehead atoms. The molecule has 0 radical (unpaired) electrons. The standard InChI is InChI=1S/C6H11IO3/c1-9-6-5(7)4(8)2-3-10-6/h4-6,8H,2-3H2,1H3/t4-,5+,6?/m0/s1. The van der Waals surface area contributed by atoms with E-state index in [-0.39, 0.29) is 16.3 Å². The third kappa shape index (κ3) is 1.81. The monoisotopic (exact) mass is 258 g/mol. The Hall–Kier alpha value is 0.610. The Balaban J connectivity index is 2.42. The van der Waals surface area contributed by atoms with Crippen LogP contribution < -0.4 is 0 Å². The molecule has 60 valence electrons. The van der Waals surface area contributed by atoms with Crippen LogP contribution in [0.1, 0.15) is 6.42 Å². The van der Waals surface area contributed by atoms with Gasteiger partial charge in [-0.3, -0.25) is 0 Å². The summed E-state index contributed by atoms with van der Waals surface area (Å²) in [4.78, 5) is 0. The van der Waals surface area contributed by atoms with E-state index < -0.39 is 0 Å². The van der Waals surface area contributed by atoms with Crippen LogP contribution >= 0.6 is 22.6 Å². The van der Waals surface area contributed by atoms with Crippen molar-refractivity contribution in [2.75, 3.05) is 13.7 Å². The van der Waals surface area contributed by atoms with Crippen LogP contribution in [-0.2, 0) is 9.47 Å². The van der Waals surface area contributed by atoms with Gasteiger partial charge in [0.2, 0.25) is 0 Å². The van der Waals surface area contributed by atoms with Crippen LogP contribution in [0.5, 0.6) is 0 Å². The first-order valence-corrected chi connectivity index (χ1v) is 4.47. The average Bonchev–Trinajstić information content (AvgIpc) is 1.95. The van der Waals surface area contributed by atoms with Crippen molar-refractivity contribution in [1.29, 1.82) is 0 Å². The Morgan fingerprint density at radius 3 is 2.90 bits per heavy atom. The number of ether oxygens (including phenoxy) is 2. The number of alkyl halides is 1. The van der Waals surface area contributed by atoms with Gasteiger partial charge in [0.15, 0.2) is 6.29 Å². The molecule has 1 aliphatic rings. The van der Waals surface area contributed by atoms with Gasteiger partial charge in [0.25, 0.3) is 0 Å². The predicted octanol–water partition coefficient (Wildman–Crippen LogP) is 0.544. The quantitative estimate of drug-likeness (QED) is 0.551. The molecule has 0 amide bonds. The summed E-state index contributed by atoms with van der Waals surface area (Å²) in [5, 5.41) is 9.31. The van der Waals surface area contributed by atoms with Crippen LogP contribution in [0.3, 0.4) is 0 Å². The maximum absolute atomic E-state index is 9.31. The maximum atomic E-state index is 9.31. The number of aliphatic hydroxyl groups excluding tert-OH is 1. The predicted molar refractivity (Wildman–Crippen MR) is 45.2 cm³/mol. The fourth-order valence-electron chi connectivity index (χ4n) is 0.936. The molecule has 0 aromatic heterocycles. The summed E-state index contributed by atoms with van der Waals surface area (Å²) in [6.07, 6.45) is 0.205. The zero-order valence-corrected chi connectivity index (χ0v) is 7.95. The summed E-state index contributed by atoms with van der Waals surface area (Å²) >= 11 is 2.14. The molecule has 1 unspecified atom stereocenters. The third-order valence-corrected chi connectivity index (χ3v) is 2.97. The molecule has 10 heavy (non-hydrogen) atoms. The van der Waals surface area contributed by atoms with Gasteiger partial charge in [-0.2, -0.15) is 0 Å². The van der Waals surface area contributed by atoms with Crippen molar-refractivity contribution < 1.29 is 14.6 Å². The van der Waals surface area contributed by atoms with E-state index in [1.54, 1.807) is 7.11 Å². The second kappa shape index (κ2) is 3.85. The fraction of sp³-hybridized carbons (Fsp3) is 1.00. The van der Waals surface area contributed by atoms with Crippen molar-refractivity contribution in [2.45, 2.75) is 22.7 Å². The van der Waals surface area contributed by atoms with Crippen LogP contribution in [0.4, 0.5) is 0 Å². The van der Waals surface area contributed by atoms with E-state index >= 15 is 0 Å². The van der Waals surface area contributed by atoms with Gasteiger partial charge >= 0.3 is 0 Å². The first kappa shape index (κ1) is 8.70. The Kier molecular flexibility index (Phi) is 3.35. The Morgan fingerprint density at radius 2 is 2.40 bits per heavy atom. The van der Waals surface area contributed by atoms with Crippen molar-refractivity contribution in [3.8, 4) is 0 Å². The molecule has 0 aliphatic carbocycles. The number of aliphatic hydroxyl groups is 1. The highest BCUT2D eigenvalue weighted by atomic mass is 127. The fourth-order valence-corrected chi connectivity index (χ4v) is 1.80. The first-order valence-electron chi connectivity index (χ1n) is 3.22. The normalized spacial score (nSPS) is 41.7. The summed E-state index contributed by atoms with van der Waals surface area (Å²) in [6, 6.07) is 0. The van der Waals surface area contributed by atoms with Crippen molar-refractivity contribution >= 4 is 22.6 Å². The molecule has 0 saturated carbocycles. The minimum atomic E-state index is -0.278. The van der Waals surface area contributed by atoms with E-state index in [1.165, 1.54) is 0 Å². The highest BCUT2D eigenvalue weighted by Crippen LogP contribution is 2.22. The number of hydrogen-bond acceptors (Lipinski definition) is 3. The maximum Gasteiger partial charge on any atom is 0.171 e. The summed E-state index contributed by atoms with van der Waals surface area (Å²) in [6.45, 7) is 0.596. The molecule has 1 N–H and O–H groups in total. The van der Waals surface area contributed by atoms with E-state index in [1.807, 2.05) is 0 Å². The second-order valence-corrected chi connectivity index (χ2v) is 3.71. The SMILES string of the molecule is COC1OCC[C@H](O)[C@H]1I. The molecule has 1 heterocycles. The average molecular weight is 258 g/mol.